The number of esters is 1. The van der Waals surface area contributed by atoms with Crippen molar-refractivity contribution in [1.82, 2.24) is 5.32 Å². The average Bonchev–Trinajstić information content (AvgIpc) is 2.63. The summed E-state index contributed by atoms with van der Waals surface area (Å²) in [5.74, 6) is -1.52. The molecule has 2 rings (SSSR count). The number of amides is 2. The summed E-state index contributed by atoms with van der Waals surface area (Å²) in [4.78, 5) is 34.5. The highest BCUT2D eigenvalue weighted by atomic mass is 16.5. The number of carbonyl (C=O) groups is 3. The van der Waals surface area contributed by atoms with E-state index in [9.17, 15) is 14.4 Å². The number of urea groups is 1. The average molecular weight is 362 g/mol. The van der Waals surface area contributed by atoms with Crippen LogP contribution in [0.4, 0.5) is 10.5 Å². The first-order valence-electron chi connectivity index (χ1n) is 8.86. The first-order valence-corrected chi connectivity index (χ1v) is 8.86. The van der Waals surface area contributed by atoms with Gasteiger partial charge in [0.15, 0.2) is 0 Å². The van der Waals surface area contributed by atoms with Gasteiger partial charge in [-0.25, -0.2) is 4.79 Å². The van der Waals surface area contributed by atoms with Crippen molar-refractivity contribution in [3.63, 3.8) is 0 Å². The SMILES string of the molecule is COC(=O)C(C)Cc1ccc(NC(=O)NC2CCC(C(=O)O)CC2)cc1. The largest absolute Gasteiger partial charge is 0.481 e. The third-order valence-corrected chi connectivity index (χ3v) is 4.77. The Labute approximate surface area is 153 Å². The van der Waals surface area contributed by atoms with Crippen LogP contribution in [-0.2, 0) is 20.7 Å². The second-order valence-corrected chi connectivity index (χ2v) is 6.81. The molecule has 0 heterocycles. The molecule has 2 amide bonds. The van der Waals surface area contributed by atoms with Gasteiger partial charge in [0.05, 0.1) is 18.9 Å². The quantitative estimate of drug-likeness (QED) is 0.675. The molecule has 1 aromatic carbocycles. The fourth-order valence-corrected chi connectivity index (χ4v) is 3.20. The van der Waals surface area contributed by atoms with Crippen LogP contribution in [0.1, 0.15) is 38.2 Å². The second-order valence-electron chi connectivity index (χ2n) is 6.81. The molecule has 26 heavy (non-hydrogen) atoms. The predicted octanol–water partition coefficient (Wildman–Crippen LogP) is 2.80. The number of carbonyl (C=O) groups excluding carboxylic acids is 2. The van der Waals surface area contributed by atoms with Gasteiger partial charge in [0.2, 0.25) is 0 Å². The van der Waals surface area contributed by atoms with E-state index in [4.69, 9.17) is 9.84 Å². The van der Waals surface area contributed by atoms with E-state index in [0.29, 0.717) is 37.8 Å². The van der Waals surface area contributed by atoms with E-state index in [1.165, 1.54) is 7.11 Å². The Morgan fingerprint density at radius 3 is 2.31 bits per heavy atom. The molecule has 142 valence electrons. The lowest BCUT2D eigenvalue weighted by molar-refractivity contribution is -0.145. The number of rotatable bonds is 6. The van der Waals surface area contributed by atoms with Gasteiger partial charge in [-0.2, -0.15) is 0 Å². The lowest BCUT2D eigenvalue weighted by atomic mass is 9.86. The van der Waals surface area contributed by atoms with Crippen LogP contribution in [0.25, 0.3) is 0 Å². The standard InChI is InChI=1S/C19H26N2O5/c1-12(18(24)26-2)11-13-3-7-15(8-4-13)20-19(25)21-16-9-5-14(6-10-16)17(22)23/h3-4,7-8,12,14,16H,5-6,9-11H2,1-2H3,(H,22,23)(H2,20,21,25). The summed E-state index contributed by atoms with van der Waals surface area (Å²) in [6, 6.07) is 7.03. The van der Waals surface area contributed by atoms with Crippen molar-refractivity contribution in [2.45, 2.75) is 45.1 Å². The fourth-order valence-electron chi connectivity index (χ4n) is 3.20. The van der Waals surface area contributed by atoms with E-state index in [1.807, 2.05) is 19.1 Å². The molecule has 0 bridgehead atoms. The van der Waals surface area contributed by atoms with E-state index >= 15 is 0 Å². The van der Waals surface area contributed by atoms with Gasteiger partial charge in [-0.15, -0.1) is 0 Å². The molecule has 0 saturated heterocycles. The lowest BCUT2D eigenvalue weighted by Gasteiger charge is -2.26. The molecule has 7 nitrogen and oxygen atoms in total. The van der Waals surface area contributed by atoms with E-state index < -0.39 is 5.97 Å². The number of anilines is 1. The van der Waals surface area contributed by atoms with Gasteiger partial charge in [0.1, 0.15) is 0 Å². The van der Waals surface area contributed by atoms with Crippen molar-refractivity contribution in [2.75, 3.05) is 12.4 Å². The predicted molar refractivity (Wildman–Crippen MR) is 96.9 cm³/mol. The van der Waals surface area contributed by atoms with Crippen molar-refractivity contribution >= 4 is 23.7 Å². The van der Waals surface area contributed by atoms with Gasteiger partial charge in [-0.05, 0) is 49.8 Å². The molecule has 0 spiro atoms. The summed E-state index contributed by atoms with van der Waals surface area (Å²) >= 11 is 0. The maximum atomic E-state index is 12.1. The number of methoxy groups -OCH3 is 1. The monoisotopic (exact) mass is 362 g/mol. The molecule has 0 aromatic heterocycles. The zero-order valence-corrected chi connectivity index (χ0v) is 15.2. The van der Waals surface area contributed by atoms with Gasteiger partial charge in [-0.3, -0.25) is 9.59 Å². The summed E-state index contributed by atoms with van der Waals surface area (Å²) in [5.41, 5.74) is 1.65. The van der Waals surface area contributed by atoms with Crippen LogP contribution >= 0.6 is 0 Å². The van der Waals surface area contributed by atoms with Crippen molar-refractivity contribution in [2.24, 2.45) is 11.8 Å². The van der Waals surface area contributed by atoms with Crippen molar-refractivity contribution < 1.29 is 24.2 Å². The molecule has 7 heteroatoms. The molecular formula is C19H26N2O5. The van der Waals surface area contributed by atoms with Crippen LogP contribution in [0, 0.1) is 11.8 Å². The van der Waals surface area contributed by atoms with Crippen LogP contribution < -0.4 is 10.6 Å². The maximum Gasteiger partial charge on any atom is 0.319 e. The van der Waals surface area contributed by atoms with Crippen LogP contribution in [0.2, 0.25) is 0 Å². The first-order chi connectivity index (χ1) is 12.4. The molecule has 1 aromatic rings. The zero-order valence-electron chi connectivity index (χ0n) is 15.2. The number of benzene rings is 1. The summed E-state index contributed by atoms with van der Waals surface area (Å²) < 4.78 is 4.72. The minimum atomic E-state index is -0.755. The molecule has 1 aliphatic rings. The van der Waals surface area contributed by atoms with Crippen LogP contribution in [0.3, 0.4) is 0 Å². The van der Waals surface area contributed by atoms with Crippen LogP contribution in [0.15, 0.2) is 24.3 Å². The Balaban J connectivity index is 1.79. The number of hydrogen-bond acceptors (Lipinski definition) is 4. The molecule has 1 fully saturated rings. The van der Waals surface area contributed by atoms with Gasteiger partial charge < -0.3 is 20.5 Å². The number of aliphatic carboxylic acids is 1. The van der Waals surface area contributed by atoms with Gasteiger partial charge in [0, 0.05) is 11.7 Å². The Kier molecular flexibility index (Phi) is 7.00. The van der Waals surface area contributed by atoms with E-state index in [0.717, 1.165) is 5.56 Å². The highest BCUT2D eigenvalue weighted by Crippen LogP contribution is 2.24. The number of carboxylic acids is 1. The van der Waals surface area contributed by atoms with Crippen LogP contribution in [0.5, 0.6) is 0 Å². The zero-order chi connectivity index (χ0) is 19.1. The lowest BCUT2D eigenvalue weighted by Crippen LogP contribution is -2.40. The highest BCUT2D eigenvalue weighted by Gasteiger charge is 2.26. The van der Waals surface area contributed by atoms with E-state index in [-0.39, 0.29) is 29.9 Å². The maximum absolute atomic E-state index is 12.1. The highest BCUT2D eigenvalue weighted by molar-refractivity contribution is 5.89. The van der Waals surface area contributed by atoms with Gasteiger partial charge in [-0.1, -0.05) is 19.1 Å². The summed E-state index contributed by atoms with van der Waals surface area (Å²) in [5, 5.41) is 14.7. The molecular weight excluding hydrogens is 336 g/mol. The molecule has 3 N–H and O–H groups in total. The van der Waals surface area contributed by atoms with E-state index in [2.05, 4.69) is 10.6 Å². The van der Waals surface area contributed by atoms with Crippen molar-refractivity contribution in [3.8, 4) is 0 Å². The topological polar surface area (TPSA) is 105 Å². The summed E-state index contributed by atoms with van der Waals surface area (Å²) in [6.45, 7) is 1.81. The molecule has 1 unspecified atom stereocenters. The number of ether oxygens (including phenoxy) is 1. The van der Waals surface area contributed by atoms with Crippen molar-refractivity contribution in [1.29, 1.82) is 0 Å². The van der Waals surface area contributed by atoms with Crippen LogP contribution in [-0.4, -0.2) is 36.2 Å². The van der Waals surface area contributed by atoms with Crippen molar-refractivity contribution in [3.05, 3.63) is 29.8 Å². The minimum Gasteiger partial charge on any atom is -0.481 e. The van der Waals surface area contributed by atoms with Gasteiger partial charge >= 0.3 is 18.0 Å². The first kappa shape index (κ1) is 19.8. The summed E-state index contributed by atoms with van der Waals surface area (Å²) in [7, 11) is 1.37. The fraction of sp³-hybridized carbons (Fsp3) is 0.526. The Morgan fingerprint density at radius 2 is 1.77 bits per heavy atom. The molecule has 0 radical (unpaired) electrons. The van der Waals surface area contributed by atoms with Gasteiger partial charge in [0.25, 0.3) is 0 Å². The number of nitrogens with one attached hydrogen (secondary N) is 2. The number of hydrogen-bond donors (Lipinski definition) is 3. The normalized spacial score (nSPS) is 20.7. The third kappa shape index (κ3) is 5.75. The third-order valence-electron chi connectivity index (χ3n) is 4.77. The molecule has 1 aliphatic carbocycles. The van der Waals surface area contributed by atoms with E-state index in [1.54, 1.807) is 12.1 Å². The minimum absolute atomic E-state index is 0.00535. The Hall–Kier alpha value is -2.57. The Bertz CT molecular complexity index is 636. The second kappa shape index (κ2) is 9.22. The summed E-state index contributed by atoms with van der Waals surface area (Å²) in [6.07, 6.45) is 3.11. The Morgan fingerprint density at radius 1 is 1.15 bits per heavy atom. The molecule has 1 saturated carbocycles. The molecule has 0 aliphatic heterocycles. The molecule has 1 atom stereocenters. The smallest absolute Gasteiger partial charge is 0.319 e. The number of carboxylic acid groups (broad SMARTS) is 1.